The Labute approximate surface area is 320 Å². The largest absolute Gasteiger partial charge is 0.485 e. The van der Waals surface area contributed by atoms with Gasteiger partial charge in [-0.1, -0.05) is 5.16 Å². The molecule has 1 saturated heterocycles. The molecule has 1 aliphatic carbocycles. The van der Waals surface area contributed by atoms with Gasteiger partial charge in [-0.25, -0.2) is 14.6 Å². The molecule has 5 rings (SSSR count). The number of nitrogens with two attached hydrogens (primary N) is 2. The van der Waals surface area contributed by atoms with E-state index in [1.54, 1.807) is 32.9 Å². The second kappa shape index (κ2) is 15.0. The van der Waals surface area contributed by atoms with Gasteiger partial charge >= 0.3 is 22.5 Å². The highest BCUT2D eigenvalue weighted by Gasteiger charge is 2.58. The van der Waals surface area contributed by atoms with Crippen molar-refractivity contribution in [3.05, 3.63) is 40.4 Å². The van der Waals surface area contributed by atoms with Crippen molar-refractivity contribution in [3.8, 4) is 5.75 Å². The molecule has 1 aromatic heterocycles. The van der Waals surface area contributed by atoms with Crippen LogP contribution < -0.4 is 26.8 Å². The number of carboxylic acid groups (broad SMARTS) is 1. The van der Waals surface area contributed by atoms with Crippen molar-refractivity contribution in [2.75, 3.05) is 11.9 Å². The van der Waals surface area contributed by atoms with Crippen molar-refractivity contribution in [2.45, 2.75) is 108 Å². The number of hydrogen-bond donors (Lipinski definition) is 6. The van der Waals surface area contributed by atoms with Crippen LogP contribution in [-0.2, 0) is 45.1 Å². The zero-order valence-electron chi connectivity index (χ0n) is 30.9. The Kier molecular flexibility index (Phi) is 11.2. The van der Waals surface area contributed by atoms with Crippen LogP contribution in [0.5, 0.6) is 5.75 Å². The third-order valence-corrected chi connectivity index (χ3v) is 10.2. The summed E-state index contributed by atoms with van der Waals surface area (Å²) in [5.41, 5.74) is 7.95. The van der Waals surface area contributed by atoms with Gasteiger partial charge < -0.3 is 36.2 Å². The Morgan fingerprint density at radius 3 is 2.47 bits per heavy atom. The molecule has 55 heavy (non-hydrogen) atoms. The van der Waals surface area contributed by atoms with Gasteiger partial charge in [0.05, 0.1) is 11.1 Å². The molecule has 2 aliphatic heterocycles. The van der Waals surface area contributed by atoms with Crippen LogP contribution in [0.2, 0.25) is 0 Å². The summed E-state index contributed by atoms with van der Waals surface area (Å²) in [5.74, 6) is -2.86. The number of hydrogen-bond acceptors (Lipinski definition) is 15. The number of amidine groups is 1. The lowest BCUT2D eigenvalue weighted by Crippen LogP contribution is -2.76. The summed E-state index contributed by atoms with van der Waals surface area (Å²) in [6, 6.07) is 3.80. The summed E-state index contributed by atoms with van der Waals surface area (Å²) < 4.78 is 47.4. The van der Waals surface area contributed by atoms with Crippen LogP contribution >= 0.6 is 11.3 Å². The maximum absolute atomic E-state index is 13.8. The average molecular weight is 809 g/mol. The maximum atomic E-state index is 13.8. The van der Waals surface area contributed by atoms with E-state index in [2.05, 4.69) is 25.1 Å². The molecule has 3 heterocycles. The van der Waals surface area contributed by atoms with E-state index < -0.39 is 68.9 Å². The van der Waals surface area contributed by atoms with Crippen molar-refractivity contribution in [2.24, 2.45) is 21.6 Å². The SMILES string of the molecule is CC(C)(C)OC(=O)Nc1nc(/C(=N/O[C@](C)(C(=O)O)[C@H]2CCc3cc(C(N)=NC4(CCN)CC4)ccc3O2)C(=O)N[C@@H]2C(=O)N(OS(=O)(=O)O)C2(C)C)cs1. The third kappa shape index (κ3) is 9.32. The van der Waals surface area contributed by atoms with Crippen LogP contribution in [-0.4, -0.2) is 105 Å². The van der Waals surface area contributed by atoms with E-state index in [0.717, 1.165) is 36.2 Å². The normalized spacial score (nSPS) is 21.6. The van der Waals surface area contributed by atoms with Gasteiger partial charge in [-0.05, 0) is 104 Å². The Balaban J connectivity index is 1.40. The quantitative estimate of drug-likeness (QED) is 0.0522. The van der Waals surface area contributed by atoms with Crippen LogP contribution in [0, 0.1) is 0 Å². The minimum Gasteiger partial charge on any atom is -0.485 e. The van der Waals surface area contributed by atoms with Crippen molar-refractivity contribution in [1.82, 2.24) is 15.4 Å². The molecule has 300 valence electrons. The zero-order chi connectivity index (χ0) is 40.7. The highest BCUT2D eigenvalue weighted by Crippen LogP contribution is 2.43. The fraction of sp³-hybridized carbons (Fsp3) is 0.545. The first kappa shape index (κ1) is 41.3. The van der Waals surface area contributed by atoms with E-state index in [0.29, 0.717) is 35.2 Å². The molecule has 8 N–H and O–H groups in total. The van der Waals surface area contributed by atoms with E-state index in [9.17, 15) is 32.7 Å². The summed E-state index contributed by atoms with van der Waals surface area (Å²) in [6.45, 7) is 9.37. The van der Waals surface area contributed by atoms with Gasteiger partial charge in [0, 0.05) is 10.9 Å². The fourth-order valence-electron chi connectivity index (χ4n) is 5.92. The number of ether oxygens (including phenoxy) is 2. The monoisotopic (exact) mass is 808 g/mol. The number of fused-ring (bicyclic) bond motifs is 1. The van der Waals surface area contributed by atoms with Crippen LogP contribution in [0.25, 0.3) is 0 Å². The Morgan fingerprint density at radius 1 is 1.20 bits per heavy atom. The van der Waals surface area contributed by atoms with E-state index in [4.69, 9.17) is 35.3 Å². The second-order valence-corrected chi connectivity index (χ2v) is 16.9. The number of thiazole rings is 1. The van der Waals surface area contributed by atoms with E-state index in [1.807, 2.05) is 6.07 Å². The number of hydroxylamine groups is 2. The fourth-order valence-corrected chi connectivity index (χ4v) is 7.05. The minimum atomic E-state index is -5.08. The minimum absolute atomic E-state index is 0.0255. The van der Waals surface area contributed by atoms with Gasteiger partial charge in [0.1, 0.15) is 28.9 Å². The number of carbonyl (C=O) groups is 4. The van der Waals surface area contributed by atoms with Gasteiger partial charge in [0.15, 0.2) is 16.9 Å². The number of benzene rings is 1. The first-order valence-corrected chi connectivity index (χ1v) is 19.3. The molecule has 20 nitrogen and oxygen atoms in total. The molecule has 0 unspecified atom stereocenters. The van der Waals surface area contributed by atoms with Crippen LogP contribution in [0.15, 0.2) is 33.7 Å². The van der Waals surface area contributed by atoms with E-state index in [1.165, 1.54) is 26.2 Å². The standard InChI is InChI=1S/C33H44N8O12S2/c1-30(2,3)51-29(46)38-28-36-19(16-54-28)22(25(42)37-23-26(43)41(31(23,4)5)53-55(47,48)49)40-52-32(6,27(44)45)21-10-8-17-15-18(7-9-20(17)50-21)24(35)39-33(11-12-33)13-14-34/h7,9,15-16,21,23H,8,10-14,34H2,1-6H3,(H2,35,39)(H,37,42)(H,44,45)(H,36,38,46)(H,47,48,49)/b40-22-/t21-,23-,32+/m1/s1. The van der Waals surface area contributed by atoms with Gasteiger partial charge in [0.25, 0.3) is 17.4 Å². The number of anilines is 1. The van der Waals surface area contributed by atoms with Crippen LogP contribution in [0.4, 0.5) is 9.93 Å². The maximum Gasteiger partial charge on any atom is 0.418 e. The summed E-state index contributed by atoms with van der Waals surface area (Å²) >= 11 is 0.874. The third-order valence-electron chi connectivity index (χ3n) is 9.15. The number of nitrogens with one attached hydrogen (secondary N) is 2. The predicted molar refractivity (Wildman–Crippen MR) is 197 cm³/mol. The lowest BCUT2D eigenvalue weighted by molar-refractivity contribution is -0.218. The molecule has 0 radical (unpaired) electrons. The number of amides is 3. The average Bonchev–Trinajstić information content (AvgIpc) is 3.68. The highest BCUT2D eigenvalue weighted by molar-refractivity contribution is 7.80. The molecule has 22 heteroatoms. The number of β-lactam (4-membered cyclic amide) rings is 1. The number of nitrogens with zero attached hydrogens (tertiary/aromatic N) is 4. The summed E-state index contributed by atoms with van der Waals surface area (Å²) in [5, 5.41) is 20.8. The van der Waals surface area contributed by atoms with Crippen LogP contribution in [0.3, 0.4) is 0 Å². The number of carbonyl (C=O) groups excluding carboxylic acids is 3. The molecule has 1 saturated carbocycles. The molecule has 2 fully saturated rings. The first-order chi connectivity index (χ1) is 25.5. The van der Waals surface area contributed by atoms with Gasteiger partial charge in [-0.3, -0.25) is 24.5 Å². The zero-order valence-corrected chi connectivity index (χ0v) is 32.6. The van der Waals surface area contributed by atoms with Crippen molar-refractivity contribution in [3.63, 3.8) is 0 Å². The molecule has 3 atom stereocenters. The van der Waals surface area contributed by atoms with Gasteiger partial charge in [-0.2, -0.15) is 13.5 Å². The lowest BCUT2D eigenvalue weighted by Gasteiger charge is -2.50. The van der Waals surface area contributed by atoms with E-state index in [-0.39, 0.29) is 22.8 Å². The number of oxime groups is 1. The number of aliphatic carboxylic acids is 1. The molecule has 3 aliphatic rings. The Morgan fingerprint density at radius 2 is 1.89 bits per heavy atom. The van der Waals surface area contributed by atoms with Gasteiger partial charge in [0.2, 0.25) is 0 Å². The molecule has 0 bridgehead atoms. The van der Waals surface area contributed by atoms with Crippen molar-refractivity contribution in [1.29, 1.82) is 0 Å². The summed E-state index contributed by atoms with van der Waals surface area (Å²) in [7, 11) is -5.08. The highest BCUT2D eigenvalue weighted by atomic mass is 32.3. The van der Waals surface area contributed by atoms with Crippen molar-refractivity contribution < 1.29 is 55.9 Å². The summed E-state index contributed by atoms with van der Waals surface area (Å²) in [6.07, 6.45) is 1.10. The number of carboxylic acids is 1. The second-order valence-electron chi connectivity index (χ2n) is 15.0. The summed E-state index contributed by atoms with van der Waals surface area (Å²) in [4.78, 5) is 66.4. The lowest BCUT2D eigenvalue weighted by atomic mass is 9.84. The topological polar surface area (TPSA) is 297 Å². The van der Waals surface area contributed by atoms with Crippen LogP contribution in [0.1, 0.15) is 84.0 Å². The van der Waals surface area contributed by atoms with Crippen molar-refractivity contribution >= 4 is 62.3 Å². The molecule has 1 aromatic carbocycles. The molecule has 0 spiro atoms. The number of aliphatic imine (C=N–C) groups is 1. The molecule has 2 aromatic rings. The molecule has 3 amide bonds. The van der Waals surface area contributed by atoms with E-state index >= 15 is 0 Å². The Bertz CT molecular complexity index is 2040. The number of rotatable bonds is 14. The number of aryl methyl sites for hydroxylation is 1. The first-order valence-electron chi connectivity index (χ1n) is 17.1. The Hall–Kier alpha value is -4.90. The molecular formula is C33H44N8O12S2. The van der Waals surface area contributed by atoms with Gasteiger partial charge in [-0.15, -0.1) is 15.6 Å². The smallest absolute Gasteiger partial charge is 0.418 e. The predicted octanol–water partition coefficient (Wildman–Crippen LogP) is 1.87. The molecular weight excluding hydrogens is 765 g/mol. The number of aromatic nitrogens is 1.